The molecule has 0 aliphatic heterocycles. The minimum atomic E-state index is -0.410. The first-order chi connectivity index (χ1) is 4.23. The summed E-state index contributed by atoms with van der Waals surface area (Å²) in [6.07, 6.45) is 3.25. The van der Waals surface area contributed by atoms with E-state index in [9.17, 15) is 0 Å². The molecule has 9 heavy (non-hydrogen) atoms. The monoisotopic (exact) mass is 234 g/mol. The Hall–Kier alpha value is -0.521. The van der Waals surface area contributed by atoms with E-state index in [-0.39, 0.29) is 0 Å². The van der Waals surface area contributed by atoms with Crippen LogP contribution in [0.3, 0.4) is 0 Å². The maximum absolute atomic E-state index is 8.85. The van der Waals surface area contributed by atoms with E-state index in [0.29, 0.717) is 22.8 Å². The Kier molecular flexibility index (Phi) is 5.29. The van der Waals surface area contributed by atoms with E-state index in [1.165, 1.54) is 0 Å². The first-order valence-electron chi connectivity index (χ1n) is 2.06. The molecule has 0 aromatic carbocycles. The maximum Gasteiger partial charge on any atom is 0.0902 e. The fraction of sp³-hybridized carbons (Fsp3) is 0. The SMILES string of the molecule is O=[N+]([O-])[Sn].c1ccoc1. The number of furan rings is 1. The molecule has 47 valence electrons. The van der Waals surface area contributed by atoms with Gasteiger partial charge in [0.05, 0.1) is 12.5 Å². The van der Waals surface area contributed by atoms with Gasteiger partial charge in [-0.15, -0.1) is 0 Å². The average molecular weight is 233 g/mol. The normalized spacial score (nSPS) is 7.22. The number of hydrogen-bond acceptors (Lipinski definition) is 3. The third-order valence-electron chi connectivity index (χ3n) is 0.425. The molecular formula is C4H4NO3Sn. The van der Waals surface area contributed by atoms with Gasteiger partial charge in [0, 0.05) is 0 Å². The first-order valence-corrected chi connectivity index (χ1v) is 3.34. The minimum Gasteiger partial charge on any atom is -0.473 e. The second kappa shape index (κ2) is 5.61. The second-order valence-electron chi connectivity index (χ2n) is 1.05. The largest absolute Gasteiger partial charge is 0.473 e. The number of nitrogens with zero attached hydrogens (tertiary/aromatic N) is 1. The Morgan fingerprint density at radius 3 is 1.89 bits per heavy atom. The summed E-state index contributed by atoms with van der Waals surface area (Å²) in [4.78, 5) is 8.85. The van der Waals surface area contributed by atoms with Crippen LogP contribution in [0.2, 0.25) is 0 Å². The molecular weight excluding hydrogens is 229 g/mol. The molecule has 0 aliphatic carbocycles. The van der Waals surface area contributed by atoms with Crippen molar-refractivity contribution in [3.63, 3.8) is 0 Å². The molecule has 0 spiro atoms. The molecule has 0 N–H and O–H groups in total. The molecule has 1 heterocycles. The van der Waals surface area contributed by atoms with Crippen LogP contribution in [0.25, 0.3) is 0 Å². The van der Waals surface area contributed by atoms with Crippen molar-refractivity contribution in [2.75, 3.05) is 0 Å². The molecule has 0 saturated carbocycles. The van der Waals surface area contributed by atoms with Crippen molar-refractivity contribution in [3.05, 3.63) is 34.8 Å². The van der Waals surface area contributed by atoms with E-state index in [1.807, 2.05) is 12.1 Å². The maximum atomic E-state index is 8.85. The van der Waals surface area contributed by atoms with Crippen LogP contribution in [0.15, 0.2) is 29.1 Å². The van der Waals surface area contributed by atoms with Crippen molar-refractivity contribution in [1.29, 1.82) is 0 Å². The van der Waals surface area contributed by atoms with Gasteiger partial charge in [0.15, 0.2) is 0 Å². The van der Waals surface area contributed by atoms with Crippen LogP contribution < -0.4 is 0 Å². The fourth-order valence-electron chi connectivity index (χ4n) is 0.227. The molecule has 1 rings (SSSR count). The molecule has 0 unspecified atom stereocenters. The van der Waals surface area contributed by atoms with Gasteiger partial charge in [-0.3, -0.25) is 0 Å². The summed E-state index contributed by atoms with van der Waals surface area (Å²) in [7, 11) is 0. The van der Waals surface area contributed by atoms with E-state index in [4.69, 9.17) is 10.1 Å². The van der Waals surface area contributed by atoms with Crippen LogP contribution in [0, 0.1) is 10.1 Å². The van der Waals surface area contributed by atoms with Gasteiger partial charge in [-0.05, 0) is 12.1 Å². The summed E-state index contributed by atoms with van der Waals surface area (Å²) in [6.45, 7) is 0. The third kappa shape index (κ3) is 11.2. The van der Waals surface area contributed by atoms with E-state index < -0.39 is 3.15 Å². The second-order valence-corrected chi connectivity index (χ2v) is 2.09. The molecule has 4 nitrogen and oxygen atoms in total. The van der Waals surface area contributed by atoms with E-state index >= 15 is 0 Å². The quantitative estimate of drug-likeness (QED) is 0.375. The minimum absolute atomic E-state index is 0.359. The van der Waals surface area contributed by atoms with Crippen molar-refractivity contribution in [1.82, 2.24) is 0 Å². The molecule has 0 amide bonds. The third-order valence-corrected chi connectivity index (χ3v) is 0.425. The topological polar surface area (TPSA) is 56.3 Å². The molecule has 0 saturated heterocycles. The Morgan fingerprint density at radius 2 is 1.78 bits per heavy atom. The zero-order chi connectivity index (χ0) is 7.11. The van der Waals surface area contributed by atoms with Crippen LogP contribution >= 0.6 is 0 Å². The molecule has 3 radical (unpaired) electrons. The molecule has 1 aromatic rings. The van der Waals surface area contributed by atoms with Crippen LogP contribution in [-0.2, 0) is 0 Å². The summed E-state index contributed by atoms with van der Waals surface area (Å²) in [5.41, 5.74) is 0. The summed E-state index contributed by atoms with van der Waals surface area (Å²) < 4.78 is 4.17. The Labute approximate surface area is 65.4 Å². The van der Waals surface area contributed by atoms with Crippen molar-refractivity contribution in [2.24, 2.45) is 0 Å². The van der Waals surface area contributed by atoms with Gasteiger partial charge < -0.3 is 4.42 Å². The first kappa shape index (κ1) is 8.48. The summed E-state index contributed by atoms with van der Waals surface area (Å²) in [5.74, 6) is 0. The molecule has 0 bridgehead atoms. The standard InChI is InChI=1S/C4H4O.NO2.Sn/c1-2-4-5-3-1;2-1-3;/h1-4H;;. The number of rotatable bonds is 0. The van der Waals surface area contributed by atoms with Gasteiger partial charge in [-0.25, -0.2) is 0 Å². The molecule has 1 aromatic heterocycles. The summed E-state index contributed by atoms with van der Waals surface area (Å²) in [5, 5.41) is 8.85. The van der Waals surface area contributed by atoms with Gasteiger partial charge in [-0.2, -0.15) is 0 Å². The molecule has 5 heteroatoms. The van der Waals surface area contributed by atoms with Crippen LogP contribution in [-0.4, -0.2) is 25.9 Å². The predicted octanol–water partition coefficient (Wildman–Crippen LogP) is 0.626. The molecule has 0 fully saturated rings. The predicted molar refractivity (Wildman–Crippen MR) is 31.5 cm³/mol. The van der Waals surface area contributed by atoms with Gasteiger partial charge >= 0.3 is 36.1 Å². The Balaban J connectivity index is 0.000000148. The van der Waals surface area contributed by atoms with E-state index in [2.05, 4.69) is 4.42 Å². The van der Waals surface area contributed by atoms with Crippen molar-refractivity contribution in [2.45, 2.75) is 0 Å². The number of hydrogen-bond donors (Lipinski definition) is 0. The van der Waals surface area contributed by atoms with Gasteiger partial charge in [-0.1, -0.05) is 0 Å². The summed E-state index contributed by atoms with van der Waals surface area (Å²) >= 11 is 0.359. The van der Waals surface area contributed by atoms with Crippen LogP contribution in [0.1, 0.15) is 0 Å². The van der Waals surface area contributed by atoms with Crippen LogP contribution in [0.4, 0.5) is 0 Å². The van der Waals surface area contributed by atoms with E-state index in [0.717, 1.165) is 0 Å². The van der Waals surface area contributed by atoms with Gasteiger partial charge in [0.1, 0.15) is 0 Å². The zero-order valence-electron chi connectivity index (χ0n) is 4.48. The van der Waals surface area contributed by atoms with Crippen molar-refractivity contribution < 1.29 is 7.56 Å². The Morgan fingerprint density at radius 1 is 1.44 bits per heavy atom. The van der Waals surface area contributed by atoms with Crippen LogP contribution in [0.5, 0.6) is 0 Å². The molecule has 0 atom stereocenters. The average Bonchev–Trinajstić information content (AvgIpc) is 2.11. The number of nitro groups is 1. The van der Waals surface area contributed by atoms with Crippen molar-refractivity contribution >= 4 is 22.8 Å². The fourth-order valence-corrected chi connectivity index (χ4v) is 0.227. The zero-order valence-corrected chi connectivity index (χ0v) is 7.34. The van der Waals surface area contributed by atoms with Gasteiger partial charge in [0.2, 0.25) is 0 Å². The van der Waals surface area contributed by atoms with E-state index in [1.54, 1.807) is 12.5 Å². The van der Waals surface area contributed by atoms with Gasteiger partial charge in [0.25, 0.3) is 0 Å². The Bertz CT molecular complexity index is 130. The molecule has 0 aliphatic rings. The smallest absolute Gasteiger partial charge is 0.0902 e. The van der Waals surface area contributed by atoms with Crippen molar-refractivity contribution in [3.8, 4) is 0 Å². The summed E-state index contributed by atoms with van der Waals surface area (Å²) in [6, 6.07) is 3.67.